The zero-order valence-corrected chi connectivity index (χ0v) is 15.4. The predicted molar refractivity (Wildman–Crippen MR) is 98.7 cm³/mol. The Kier molecular flexibility index (Phi) is 8.69. The summed E-state index contributed by atoms with van der Waals surface area (Å²) >= 11 is 0. The smallest absolute Gasteiger partial charge is 0.191 e. The standard InChI is InChI=1S/C17H29N3O2S/c1-5-18-16(20-12-14-23(21)17(2,3)4)19-11-13-22-15-9-7-6-8-10-15/h6-10H,5,11-14H2,1-4H3,(H2,18,19,20). The second-order valence-electron chi connectivity index (χ2n) is 6.01. The Morgan fingerprint density at radius 2 is 1.91 bits per heavy atom. The lowest BCUT2D eigenvalue weighted by atomic mass is 10.3. The highest BCUT2D eigenvalue weighted by molar-refractivity contribution is 7.86. The Bertz CT molecular complexity index is 498. The summed E-state index contributed by atoms with van der Waals surface area (Å²) in [5.41, 5.74) is 0. The van der Waals surface area contributed by atoms with Crippen LogP contribution in [0.5, 0.6) is 5.75 Å². The van der Waals surface area contributed by atoms with Gasteiger partial charge in [-0.2, -0.15) is 0 Å². The predicted octanol–water partition coefficient (Wildman–Crippen LogP) is 2.17. The maximum Gasteiger partial charge on any atom is 0.191 e. The Morgan fingerprint density at radius 3 is 2.52 bits per heavy atom. The molecule has 1 rings (SSSR count). The van der Waals surface area contributed by atoms with E-state index in [0.717, 1.165) is 18.3 Å². The molecule has 0 aliphatic heterocycles. The van der Waals surface area contributed by atoms with Crippen molar-refractivity contribution in [1.82, 2.24) is 10.6 Å². The maximum absolute atomic E-state index is 12.0. The van der Waals surface area contributed by atoms with Crippen molar-refractivity contribution in [2.24, 2.45) is 4.99 Å². The highest BCUT2D eigenvalue weighted by atomic mass is 32.2. The van der Waals surface area contributed by atoms with Gasteiger partial charge in [0.15, 0.2) is 5.96 Å². The van der Waals surface area contributed by atoms with Crippen LogP contribution in [0.25, 0.3) is 0 Å². The molecule has 1 unspecified atom stereocenters. The maximum atomic E-state index is 12.0. The molecule has 0 aromatic heterocycles. The van der Waals surface area contributed by atoms with Crippen molar-refractivity contribution >= 4 is 16.8 Å². The van der Waals surface area contributed by atoms with E-state index in [2.05, 4.69) is 15.6 Å². The Labute approximate surface area is 142 Å². The molecule has 0 bridgehead atoms. The fourth-order valence-corrected chi connectivity index (χ4v) is 2.61. The van der Waals surface area contributed by atoms with Gasteiger partial charge in [-0.05, 0) is 39.8 Å². The van der Waals surface area contributed by atoms with Crippen LogP contribution in [-0.2, 0) is 10.8 Å². The van der Waals surface area contributed by atoms with Crippen molar-refractivity contribution in [3.05, 3.63) is 30.3 Å². The van der Waals surface area contributed by atoms with Crippen molar-refractivity contribution in [1.29, 1.82) is 0 Å². The second kappa shape index (κ2) is 10.3. The van der Waals surface area contributed by atoms with E-state index in [1.165, 1.54) is 0 Å². The average molecular weight is 340 g/mol. The molecule has 0 saturated heterocycles. The van der Waals surface area contributed by atoms with Gasteiger partial charge in [0.1, 0.15) is 12.4 Å². The molecule has 23 heavy (non-hydrogen) atoms. The summed E-state index contributed by atoms with van der Waals surface area (Å²) in [6, 6.07) is 9.72. The van der Waals surface area contributed by atoms with Gasteiger partial charge >= 0.3 is 0 Å². The van der Waals surface area contributed by atoms with Crippen LogP contribution < -0.4 is 15.4 Å². The normalized spacial score (nSPS) is 13.5. The third-order valence-electron chi connectivity index (χ3n) is 2.98. The fraction of sp³-hybridized carbons (Fsp3) is 0.588. The van der Waals surface area contributed by atoms with Crippen LogP contribution in [0.2, 0.25) is 0 Å². The summed E-state index contributed by atoms with van der Waals surface area (Å²) in [5.74, 6) is 2.16. The zero-order valence-electron chi connectivity index (χ0n) is 14.6. The quantitative estimate of drug-likeness (QED) is 0.433. The van der Waals surface area contributed by atoms with Gasteiger partial charge in [0.2, 0.25) is 0 Å². The van der Waals surface area contributed by atoms with Crippen LogP contribution in [0, 0.1) is 0 Å². The van der Waals surface area contributed by atoms with E-state index in [9.17, 15) is 4.21 Å². The number of rotatable bonds is 8. The monoisotopic (exact) mass is 339 g/mol. The van der Waals surface area contributed by atoms with Gasteiger partial charge in [0.05, 0.1) is 13.1 Å². The van der Waals surface area contributed by atoms with E-state index in [1.54, 1.807) is 0 Å². The summed E-state index contributed by atoms with van der Waals surface area (Å²) in [7, 11) is -0.877. The van der Waals surface area contributed by atoms with E-state index < -0.39 is 10.8 Å². The summed E-state index contributed by atoms with van der Waals surface area (Å²) in [6.45, 7) is 10.5. The molecule has 1 aromatic carbocycles. The van der Waals surface area contributed by atoms with E-state index in [1.807, 2.05) is 58.0 Å². The lowest BCUT2D eigenvalue weighted by Gasteiger charge is -2.17. The van der Waals surface area contributed by atoms with Gasteiger partial charge < -0.3 is 15.4 Å². The van der Waals surface area contributed by atoms with Crippen molar-refractivity contribution in [2.75, 3.05) is 32.0 Å². The van der Waals surface area contributed by atoms with Crippen LogP contribution in [0.3, 0.4) is 0 Å². The molecule has 1 aromatic rings. The van der Waals surface area contributed by atoms with E-state index in [-0.39, 0.29) is 4.75 Å². The number of ether oxygens (including phenoxy) is 1. The number of aliphatic imine (C=N–C) groups is 1. The molecule has 0 heterocycles. The largest absolute Gasteiger partial charge is 0.492 e. The summed E-state index contributed by atoms with van der Waals surface area (Å²) < 4.78 is 17.4. The first kappa shape index (κ1) is 19.5. The number of benzene rings is 1. The van der Waals surface area contributed by atoms with Crippen LogP contribution in [0.15, 0.2) is 35.3 Å². The SMILES string of the molecule is CCNC(=NCCS(=O)C(C)(C)C)NCCOc1ccccc1. The lowest BCUT2D eigenvalue weighted by Crippen LogP contribution is -2.39. The summed E-state index contributed by atoms with van der Waals surface area (Å²) in [5, 5.41) is 6.40. The van der Waals surface area contributed by atoms with Gasteiger partial charge in [0.25, 0.3) is 0 Å². The van der Waals surface area contributed by atoms with E-state index in [4.69, 9.17) is 4.74 Å². The van der Waals surface area contributed by atoms with Gasteiger partial charge in [-0.1, -0.05) is 18.2 Å². The number of para-hydroxylation sites is 1. The number of hydrogen-bond acceptors (Lipinski definition) is 3. The van der Waals surface area contributed by atoms with Gasteiger partial charge in [-0.15, -0.1) is 0 Å². The van der Waals surface area contributed by atoms with Crippen molar-refractivity contribution < 1.29 is 8.95 Å². The van der Waals surface area contributed by atoms with Crippen LogP contribution in [0.4, 0.5) is 0 Å². The van der Waals surface area contributed by atoms with Crippen molar-refractivity contribution in [2.45, 2.75) is 32.4 Å². The van der Waals surface area contributed by atoms with Crippen LogP contribution >= 0.6 is 0 Å². The molecular formula is C17H29N3O2S. The van der Waals surface area contributed by atoms with Crippen molar-refractivity contribution in [3.63, 3.8) is 0 Å². The molecule has 1 atom stereocenters. The first-order valence-electron chi connectivity index (χ1n) is 8.02. The average Bonchev–Trinajstić information content (AvgIpc) is 2.51. The highest BCUT2D eigenvalue weighted by Gasteiger charge is 2.18. The molecular weight excluding hydrogens is 310 g/mol. The highest BCUT2D eigenvalue weighted by Crippen LogP contribution is 2.10. The van der Waals surface area contributed by atoms with E-state index >= 15 is 0 Å². The molecule has 6 heteroatoms. The number of nitrogens with zero attached hydrogens (tertiary/aromatic N) is 1. The van der Waals surface area contributed by atoms with E-state index in [0.29, 0.717) is 25.4 Å². The molecule has 130 valence electrons. The van der Waals surface area contributed by atoms with Gasteiger partial charge in [-0.25, -0.2) is 0 Å². The third kappa shape index (κ3) is 8.59. The summed E-state index contributed by atoms with van der Waals surface area (Å²) in [4.78, 5) is 4.46. The summed E-state index contributed by atoms with van der Waals surface area (Å²) in [6.07, 6.45) is 0. The van der Waals surface area contributed by atoms with Crippen LogP contribution in [-0.4, -0.2) is 46.9 Å². The molecule has 0 aliphatic rings. The molecule has 0 fully saturated rings. The molecule has 0 spiro atoms. The first-order chi connectivity index (χ1) is 10.9. The Hall–Kier alpha value is -1.56. The fourth-order valence-electron chi connectivity index (χ4n) is 1.74. The molecule has 0 saturated carbocycles. The van der Waals surface area contributed by atoms with Gasteiger partial charge in [0, 0.05) is 27.8 Å². The molecule has 0 amide bonds. The first-order valence-corrected chi connectivity index (χ1v) is 9.34. The van der Waals surface area contributed by atoms with Crippen molar-refractivity contribution in [3.8, 4) is 5.75 Å². The molecule has 2 N–H and O–H groups in total. The topological polar surface area (TPSA) is 62.7 Å². The minimum absolute atomic E-state index is 0.190. The minimum atomic E-state index is -0.877. The van der Waals surface area contributed by atoms with Gasteiger partial charge in [-0.3, -0.25) is 9.20 Å². The third-order valence-corrected chi connectivity index (χ3v) is 4.90. The Morgan fingerprint density at radius 1 is 1.22 bits per heavy atom. The number of nitrogens with one attached hydrogen (secondary N) is 2. The number of hydrogen-bond donors (Lipinski definition) is 2. The Balaban J connectivity index is 2.33. The lowest BCUT2D eigenvalue weighted by molar-refractivity contribution is 0.322. The van der Waals surface area contributed by atoms with Crippen LogP contribution in [0.1, 0.15) is 27.7 Å². The zero-order chi connectivity index (χ0) is 17.1. The second-order valence-corrected chi connectivity index (χ2v) is 8.34. The number of guanidine groups is 1. The molecule has 0 aliphatic carbocycles. The molecule has 5 nitrogen and oxygen atoms in total. The minimum Gasteiger partial charge on any atom is -0.492 e. The molecule has 0 radical (unpaired) electrons.